The minimum absolute atomic E-state index is 0.123. The van der Waals surface area contributed by atoms with Gasteiger partial charge in [0.05, 0.1) is 4.47 Å². The zero-order valence-corrected chi connectivity index (χ0v) is 10.3. The second-order valence-electron chi connectivity index (χ2n) is 2.22. The minimum Gasteiger partial charge on any atom is -0.483 e. The van der Waals surface area contributed by atoms with Crippen LogP contribution < -0.4 is 4.74 Å². The van der Waals surface area contributed by atoms with Crippen molar-refractivity contribution in [2.75, 3.05) is 6.61 Å². The molecule has 0 saturated heterocycles. The van der Waals surface area contributed by atoms with E-state index in [4.69, 9.17) is 16.3 Å². The summed E-state index contributed by atoms with van der Waals surface area (Å²) in [5, 5.41) is -0.519. The number of benzene rings is 1. The molecule has 1 aromatic carbocycles. The van der Waals surface area contributed by atoms with Crippen LogP contribution in [0.5, 0.6) is 5.75 Å². The van der Waals surface area contributed by atoms with Gasteiger partial charge in [0.15, 0.2) is 6.61 Å². The maximum absolute atomic E-state index is 10.4. The fraction of sp³-hybridized carbons (Fsp3) is 0.125. The van der Waals surface area contributed by atoms with Crippen molar-refractivity contribution in [3.63, 3.8) is 0 Å². The molecule has 0 saturated carbocycles. The van der Waals surface area contributed by atoms with Crippen molar-refractivity contribution in [1.29, 1.82) is 0 Å². The second-order valence-corrected chi connectivity index (χ2v) is 4.41. The lowest BCUT2D eigenvalue weighted by Crippen LogP contribution is -2.04. The van der Waals surface area contributed by atoms with E-state index in [1.807, 2.05) is 12.1 Å². The average Bonchev–Trinajstić information content (AvgIpc) is 2.02. The molecule has 0 fully saturated rings. The molecular weight excluding hydrogens is 323 g/mol. The van der Waals surface area contributed by atoms with Crippen molar-refractivity contribution < 1.29 is 9.53 Å². The highest BCUT2D eigenvalue weighted by molar-refractivity contribution is 9.11. The van der Waals surface area contributed by atoms with E-state index >= 15 is 0 Å². The number of hydrogen-bond donors (Lipinski definition) is 0. The van der Waals surface area contributed by atoms with Gasteiger partial charge in [-0.15, -0.1) is 0 Å². The Morgan fingerprint density at radius 3 is 2.69 bits per heavy atom. The Kier molecular flexibility index (Phi) is 4.22. The van der Waals surface area contributed by atoms with Crippen LogP contribution in [0.3, 0.4) is 0 Å². The molecule has 0 radical (unpaired) electrons. The van der Waals surface area contributed by atoms with Gasteiger partial charge in [-0.25, -0.2) is 0 Å². The third kappa shape index (κ3) is 3.67. The lowest BCUT2D eigenvalue weighted by Gasteiger charge is -2.05. The van der Waals surface area contributed by atoms with Gasteiger partial charge >= 0.3 is 0 Å². The smallest absolute Gasteiger partial charge is 0.259 e. The Hall–Kier alpha value is -0.0600. The number of rotatable bonds is 3. The third-order valence-electron chi connectivity index (χ3n) is 1.24. The van der Waals surface area contributed by atoms with Gasteiger partial charge in [0.25, 0.3) is 5.24 Å². The van der Waals surface area contributed by atoms with Crippen molar-refractivity contribution in [3.8, 4) is 5.75 Å². The molecule has 0 N–H and O–H groups in total. The first-order valence-corrected chi connectivity index (χ1v) is 5.32. The Morgan fingerprint density at radius 1 is 1.46 bits per heavy atom. The largest absolute Gasteiger partial charge is 0.483 e. The first kappa shape index (κ1) is 11.0. The summed E-state index contributed by atoms with van der Waals surface area (Å²) >= 11 is 11.7. The molecule has 0 bridgehead atoms. The predicted molar refractivity (Wildman–Crippen MR) is 58.2 cm³/mol. The number of carbonyl (C=O) groups is 1. The fourth-order valence-corrected chi connectivity index (χ4v) is 1.94. The van der Waals surface area contributed by atoms with Crippen LogP contribution in [0, 0.1) is 0 Å². The molecule has 0 unspecified atom stereocenters. The first-order valence-electron chi connectivity index (χ1n) is 3.36. The molecule has 0 spiro atoms. The third-order valence-corrected chi connectivity index (χ3v) is 2.46. The molecule has 13 heavy (non-hydrogen) atoms. The van der Waals surface area contributed by atoms with Gasteiger partial charge in [0.2, 0.25) is 0 Å². The standard InChI is InChI=1S/C8H5Br2ClO2/c9-5-1-2-7(6(10)3-5)13-4-8(11)12/h1-3H,4H2. The van der Waals surface area contributed by atoms with Crippen molar-refractivity contribution in [2.24, 2.45) is 0 Å². The Morgan fingerprint density at radius 2 is 2.15 bits per heavy atom. The lowest BCUT2D eigenvalue weighted by molar-refractivity contribution is -0.113. The summed E-state index contributed by atoms with van der Waals surface area (Å²) in [6.07, 6.45) is 0. The molecule has 0 atom stereocenters. The summed E-state index contributed by atoms with van der Waals surface area (Å²) in [7, 11) is 0. The van der Waals surface area contributed by atoms with E-state index in [0.29, 0.717) is 5.75 Å². The van der Waals surface area contributed by atoms with E-state index in [2.05, 4.69) is 31.9 Å². The van der Waals surface area contributed by atoms with Gasteiger partial charge < -0.3 is 4.74 Å². The van der Waals surface area contributed by atoms with Crippen LogP contribution in [-0.4, -0.2) is 11.8 Å². The topological polar surface area (TPSA) is 26.3 Å². The molecule has 0 aromatic heterocycles. The maximum atomic E-state index is 10.4. The van der Waals surface area contributed by atoms with Gasteiger partial charge in [-0.3, -0.25) is 4.79 Å². The number of halogens is 3. The summed E-state index contributed by atoms with van der Waals surface area (Å²) in [5.74, 6) is 0.595. The van der Waals surface area contributed by atoms with Gasteiger partial charge in [0.1, 0.15) is 5.75 Å². The zero-order chi connectivity index (χ0) is 9.84. The van der Waals surface area contributed by atoms with E-state index in [1.54, 1.807) is 6.07 Å². The van der Waals surface area contributed by atoms with E-state index in [-0.39, 0.29) is 6.61 Å². The molecule has 0 aliphatic carbocycles. The number of ether oxygens (including phenoxy) is 1. The van der Waals surface area contributed by atoms with E-state index in [0.717, 1.165) is 8.95 Å². The zero-order valence-electron chi connectivity index (χ0n) is 6.39. The van der Waals surface area contributed by atoms with Crippen LogP contribution in [0.15, 0.2) is 27.1 Å². The molecule has 0 amide bonds. The monoisotopic (exact) mass is 326 g/mol. The summed E-state index contributed by atoms with van der Waals surface area (Å²) < 4.78 is 6.82. The highest BCUT2D eigenvalue weighted by Gasteiger charge is 2.03. The van der Waals surface area contributed by atoms with Crippen molar-refractivity contribution in [1.82, 2.24) is 0 Å². The van der Waals surface area contributed by atoms with E-state index in [9.17, 15) is 4.79 Å². The molecule has 1 aromatic rings. The summed E-state index contributed by atoms with van der Waals surface area (Å²) in [5.41, 5.74) is 0. The highest BCUT2D eigenvalue weighted by atomic mass is 79.9. The van der Waals surface area contributed by atoms with Gasteiger partial charge in [0, 0.05) is 4.47 Å². The molecule has 2 nitrogen and oxygen atoms in total. The first-order chi connectivity index (χ1) is 6.09. The lowest BCUT2D eigenvalue weighted by atomic mass is 10.3. The van der Waals surface area contributed by atoms with Gasteiger partial charge in [-0.2, -0.15) is 0 Å². The van der Waals surface area contributed by atoms with Crippen molar-refractivity contribution in [2.45, 2.75) is 0 Å². The number of carbonyl (C=O) groups excluding carboxylic acids is 1. The summed E-state index contributed by atoms with van der Waals surface area (Å²) in [6, 6.07) is 5.39. The van der Waals surface area contributed by atoms with Crippen LogP contribution in [-0.2, 0) is 4.79 Å². The van der Waals surface area contributed by atoms with Crippen molar-refractivity contribution in [3.05, 3.63) is 27.1 Å². The van der Waals surface area contributed by atoms with Crippen LogP contribution in [0.4, 0.5) is 0 Å². The molecule has 70 valence electrons. The normalized spacial score (nSPS) is 9.77. The molecule has 0 heterocycles. The highest BCUT2D eigenvalue weighted by Crippen LogP contribution is 2.28. The van der Waals surface area contributed by atoms with Crippen molar-refractivity contribution >= 4 is 48.7 Å². The second kappa shape index (κ2) is 4.98. The average molecular weight is 328 g/mol. The van der Waals surface area contributed by atoms with E-state index < -0.39 is 5.24 Å². The predicted octanol–water partition coefficient (Wildman–Crippen LogP) is 3.36. The van der Waals surface area contributed by atoms with Crippen LogP contribution in [0.1, 0.15) is 0 Å². The van der Waals surface area contributed by atoms with Crippen LogP contribution in [0.2, 0.25) is 0 Å². The molecule has 5 heteroatoms. The van der Waals surface area contributed by atoms with Gasteiger partial charge in [-0.1, -0.05) is 15.9 Å². The Labute approximate surface area is 97.5 Å². The quantitative estimate of drug-likeness (QED) is 0.796. The SMILES string of the molecule is O=C(Cl)COc1ccc(Br)cc1Br. The molecule has 0 aliphatic heterocycles. The van der Waals surface area contributed by atoms with Gasteiger partial charge in [-0.05, 0) is 45.7 Å². The van der Waals surface area contributed by atoms with Crippen LogP contribution in [0.25, 0.3) is 0 Å². The maximum Gasteiger partial charge on any atom is 0.259 e. The fourth-order valence-electron chi connectivity index (χ4n) is 0.727. The van der Waals surface area contributed by atoms with Crippen LogP contribution >= 0.6 is 43.5 Å². The minimum atomic E-state index is -0.519. The summed E-state index contributed by atoms with van der Waals surface area (Å²) in [4.78, 5) is 10.4. The Bertz CT molecular complexity index is 328. The Balaban J connectivity index is 2.72. The molecule has 1 rings (SSSR count). The molecular formula is C8H5Br2ClO2. The number of hydrogen-bond acceptors (Lipinski definition) is 2. The van der Waals surface area contributed by atoms with E-state index in [1.165, 1.54) is 0 Å². The molecule has 0 aliphatic rings. The summed E-state index contributed by atoms with van der Waals surface area (Å²) in [6.45, 7) is -0.123.